The average Bonchev–Trinajstić information content (AvgIpc) is 3.27. The molecule has 3 amide bonds. The molecule has 3 N–H and O–H groups in total. The molecular formula is C32H47N3O7Si. The maximum absolute atomic E-state index is 12.8. The lowest BCUT2D eigenvalue weighted by atomic mass is 10.1. The molecule has 2 aromatic carbocycles. The van der Waals surface area contributed by atoms with E-state index in [9.17, 15) is 19.5 Å². The first-order valence-corrected chi connectivity index (χ1v) is 17.5. The highest BCUT2D eigenvalue weighted by Crippen LogP contribution is 2.38. The highest BCUT2D eigenvalue weighted by Gasteiger charge is 2.44. The summed E-state index contributed by atoms with van der Waals surface area (Å²) in [5.41, 5.74) is 1.65. The van der Waals surface area contributed by atoms with Crippen molar-refractivity contribution >= 4 is 26.2 Å². The van der Waals surface area contributed by atoms with Gasteiger partial charge < -0.3 is 34.5 Å². The summed E-state index contributed by atoms with van der Waals surface area (Å²) in [5.74, 6) is 0.109. The van der Waals surface area contributed by atoms with Crippen LogP contribution in [0.2, 0.25) is 18.1 Å². The third kappa shape index (κ3) is 10.4. The van der Waals surface area contributed by atoms with Gasteiger partial charge in [0.05, 0.1) is 12.2 Å². The Labute approximate surface area is 256 Å². The van der Waals surface area contributed by atoms with Crippen LogP contribution in [0.4, 0.5) is 4.79 Å². The number of β-amino-alcohol motifs (C(OH)–C–C–N with tert-alkyl or cyclic N) is 1. The third-order valence-electron chi connectivity index (χ3n) is 7.63. The van der Waals surface area contributed by atoms with Crippen molar-refractivity contribution in [2.75, 3.05) is 19.7 Å². The molecule has 2 aromatic rings. The first kappa shape index (κ1) is 34.1. The summed E-state index contributed by atoms with van der Waals surface area (Å²) in [7, 11) is -2.07. The molecule has 3 rings (SSSR count). The Bertz CT molecular complexity index is 1250. The summed E-state index contributed by atoms with van der Waals surface area (Å²) < 4.78 is 17.3. The number of likely N-dealkylation sites (tertiary alicyclic amines) is 1. The van der Waals surface area contributed by atoms with Gasteiger partial charge in [-0.25, -0.2) is 4.79 Å². The van der Waals surface area contributed by atoms with Crippen LogP contribution in [-0.4, -0.2) is 73.7 Å². The number of alkyl carbamates (subject to hydrolysis) is 1. The Balaban J connectivity index is 1.41. The molecule has 0 saturated carbocycles. The number of benzene rings is 2. The van der Waals surface area contributed by atoms with Gasteiger partial charge in [0.25, 0.3) is 11.8 Å². The minimum Gasteiger partial charge on any atom is -0.484 e. The van der Waals surface area contributed by atoms with Gasteiger partial charge in [-0.2, -0.15) is 0 Å². The van der Waals surface area contributed by atoms with Crippen molar-refractivity contribution in [3.05, 3.63) is 65.2 Å². The van der Waals surface area contributed by atoms with Crippen molar-refractivity contribution in [3.8, 4) is 5.75 Å². The molecule has 2 atom stereocenters. The number of carbonyl (C=O) groups is 3. The highest BCUT2D eigenvalue weighted by molar-refractivity contribution is 6.74. The fourth-order valence-corrected chi connectivity index (χ4v) is 5.46. The summed E-state index contributed by atoms with van der Waals surface area (Å²) in [6, 6.07) is 14.1. The number of nitrogens with zero attached hydrogens (tertiary/aromatic N) is 1. The fraction of sp³-hybridized carbons (Fsp3) is 0.531. The molecule has 1 aliphatic heterocycles. The van der Waals surface area contributed by atoms with Gasteiger partial charge in [0.2, 0.25) is 0 Å². The zero-order valence-electron chi connectivity index (χ0n) is 26.7. The molecule has 0 unspecified atom stereocenters. The standard InChI is InChI=1S/C32H47N3O7Si/c1-31(2,3)41-30(39)34-18-22-9-13-24(14-10-22)29(38)33-17-23-11-15-25(16-12-23)40-21-28(37)35-19-26(36)27(20-35)42-43(7,8)32(4,5)6/h9-16,26-27,36H,17-21H2,1-8H3,(H,33,38)(H,34,39)/t26-,27-/m0/s1. The van der Waals surface area contributed by atoms with E-state index in [2.05, 4.69) is 44.5 Å². The number of hydrogen-bond donors (Lipinski definition) is 3. The maximum Gasteiger partial charge on any atom is 0.407 e. The number of carbonyl (C=O) groups excluding carboxylic acids is 3. The first-order valence-electron chi connectivity index (χ1n) is 14.6. The number of rotatable bonds is 10. The zero-order valence-corrected chi connectivity index (χ0v) is 27.7. The lowest BCUT2D eigenvalue weighted by Gasteiger charge is -2.38. The summed E-state index contributed by atoms with van der Waals surface area (Å²) in [6.07, 6.45) is -1.60. The van der Waals surface area contributed by atoms with Crippen LogP contribution < -0.4 is 15.4 Å². The fourth-order valence-electron chi connectivity index (χ4n) is 4.12. The Morgan fingerprint density at radius 1 is 0.884 bits per heavy atom. The SMILES string of the molecule is CC(C)(C)OC(=O)NCc1ccc(C(=O)NCc2ccc(OCC(=O)N3C[C@H](O[Si](C)(C)C(C)(C)C)[C@@H](O)C3)cc2)cc1. The van der Waals surface area contributed by atoms with Gasteiger partial charge in [-0.15, -0.1) is 0 Å². The van der Waals surface area contributed by atoms with E-state index in [-0.39, 0.29) is 30.0 Å². The van der Waals surface area contributed by atoms with Crippen molar-refractivity contribution in [3.63, 3.8) is 0 Å². The molecule has 0 spiro atoms. The quantitative estimate of drug-likeness (QED) is 0.334. The Morgan fingerprint density at radius 2 is 1.44 bits per heavy atom. The van der Waals surface area contributed by atoms with Crippen LogP contribution in [0.3, 0.4) is 0 Å². The molecule has 11 heteroatoms. The second kappa shape index (κ2) is 13.9. The average molecular weight is 614 g/mol. The van der Waals surface area contributed by atoms with Gasteiger partial charge in [-0.3, -0.25) is 9.59 Å². The smallest absolute Gasteiger partial charge is 0.407 e. The molecule has 10 nitrogen and oxygen atoms in total. The summed E-state index contributed by atoms with van der Waals surface area (Å²) >= 11 is 0. The number of ether oxygens (including phenoxy) is 2. The maximum atomic E-state index is 12.8. The molecule has 0 aliphatic carbocycles. The van der Waals surface area contributed by atoms with E-state index in [1.807, 2.05) is 12.1 Å². The molecule has 43 heavy (non-hydrogen) atoms. The van der Waals surface area contributed by atoms with Crippen LogP contribution in [0.5, 0.6) is 5.75 Å². The van der Waals surface area contributed by atoms with Crippen molar-refractivity contribution in [1.29, 1.82) is 0 Å². The summed E-state index contributed by atoms with van der Waals surface area (Å²) in [5, 5.41) is 16.1. The Morgan fingerprint density at radius 3 is 2.00 bits per heavy atom. The Hall–Kier alpha value is -3.41. The van der Waals surface area contributed by atoms with E-state index < -0.39 is 32.2 Å². The molecule has 1 saturated heterocycles. The topological polar surface area (TPSA) is 126 Å². The number of nitrogens with one attached hydrogen (secondary N) is 2. The molecule has 1 aliphatic rings. The van der Waals surface area contributed by atoms with Crippen LogP contribution in [0.15, 0.2) is 48.5 Å². The lowest BCUT2D eigenvalue weighted by molar-refractivity contribution is -0.132. The van der Waals surface area contributed by atoms with Crippen molar-refractivity contribution in [2.45, 2.75) is 90.6 Å². The predicted octanol–water partition coefficient (Wildman–Crippen LogP) is 4.61. The van der Waals surface area contributed by atoms with Gasteiger partial charge in [0, 0.05) is 31.7 Å². The van der Waals surface area contributed by atoms with Crippen LogP contribution in [-0.2, 0) is 27.0 Å². The molecule has 1 heterocycles. The van der Waals surface area contributed by atoms with Crippen molar-refractivity contribution < 1.29 is 33.4 Å². The first-order chi connectivity index (χ1) is 19.9. The van der Waals surface area contributed by atoms with Gasteiger partial charge >= 0.3 is 6.09 Å². The van der Waals surface area contributed by atoms with Gasteiger partial charge in [-0.05, 0) is 74.3 Å². The number of hydrogen-bond acceptors (Lipinski definition) is 7. The van der Waals surface area contributed by atoms with Gasteiger partial charge in [-0.1, -0.05) is 45.0 Å². The summed E-state index contributed by atoms with van der Waals surface area (Å²) in [6.45, 7) is 17.2. The Kier molecular flexibility index (Phi) is 11.0. The number of amides is 3. The molecule has 0 bridgehead atoms. The molecular weight excluding hydrogens is 566 g/mol. The second-order valence-electron chi connectivity index (χ2n) is 13.5. The normalized spacial score (nSPS) is 17.4. The van der Waals surface area contributed by atoms with Crippen LogP contribution in [0.1, 0.15) is 63.0 Å². The lowest BCUT2D eigenvalue weighted by Crippen LogP contribution is -2.47. The summed E-state index contributed by atoms with van der Waals surface area (Å²) in [4.78, 5) is 38.8. The molecule has 0 radical (unpaired) electrons. The zero-order chi connectivity index (χ0) is 32.0. The minimum absolute atomic E-state index is 0.0112. The number of aliphatic hydroxyl groups is 1. The van der Waals surface area contributed by atoms with Crippen LogP contribution >= 0.6 is 0 Å². The largest absolute Gasteiger partial charge is 0.484 e. The van der Waals surface area contributed by atoms with E-state index in [4.69, 9.17) is 13.9 Å². The molecule has 1 fully saturated rings. The van der Waals surface area contributed by atoms with E-state index in [0.717, 1.165) is 11.1 Å². The molecule has 0 aromatic heterocycles. The van der Waals surface area contributed by atoms with E-state index in [1.165, 1.54) is 0 Å². The third-order valence-corrected chi connectivity index (χ3v) is 12.1. The van der Waals surface area contributed by atoms with Crippen molar-refractivity contribution in [2.24, 2.45) is 0 Å². The minimum atomic E-state index is -2.07. The highest BCUT2D eigenvalue weighted by atomic mass is 28.4. The van der Waals surface area contributed by atoms with Gasteiger partial charge in [0.15, 0.2) is 14.9 Å². The van der Waals surface area contributed by atoms with Crippen molar-refractivity contribution in [1.82, 2.24) is 15.5 Å². The van der Waals surface area contributed by atoms with E-state index in [0.29, 0.717) is 30.9 Å². The van der Waals surface area contributed by atoms with Crippen LogP contribution in [0, 0.1) is 0 Å². The van der Waals surface area contributed by atoms with E-state index in [1.54, 1.807) is 62.1 Å². The van der Waals surface area contributed by atoms with E-state index >= 15 is 0 Å². The predicted molar refractivity (Wildman–Crippen MR) is 167 cm³/mol. The monoisotopic (exact) mass is 613 g/mol. The second-order valence-corrected chi connectivity index (χ2v) is 18.2. The molecule has 236 valence electrons. The van der Waals surface area contributed by atoms with Crippen LogP contribution in [0.25, 0.3) is 0 Å². The van der Waals surface area contributed by atoms with Gasteiger partial charge in [0.1, 0.15) is 11.4 Å². The number of aliphatic hydroxyl groups excluding tert-OH is 1.